The number of aliphatic hydroxyl groups is 1. The van der Waals surface area contributed by atoms with Crippen LogP contribution in [0.25, 0.3) is 0 Å². The summed E-state index contributed by atoms with van der Waals surface area (Å²) in [6.07, 6.45) is 2.57. The van der Waals surface area contributed by atoms with Crippen LogP contribution in [0.4, 0.5) is 13.2 Å². The maximum absolute atomic E-state index is 13.5. The molecule has 0 heterocycles. The zero-order valence-electron chi connectivity index (χ0n) is 8.69. The van der Waals surface area contributed by atoms with Gasteiger partial charge in [-0.2, -0.15) is 0 Å². The van der Waals surface area contributed by atoms with Gasteiger partial charge < -0.3 is 5.11 Å². The summed E-state index contributed by atoms with van der Waals surface area (Å²) < 4.78 is 40.3. The van der Waals surface area contributed by atoms with Gasteiger partial charge in [-0.15, -0.1) is 11.8 Å². The van der Waals surface area contributed by atoms with E-state index < -0.39 is 23.1 Å². The second-order valence-corrected chi connectivity index (χ2v) is 4.90. The quantitative estimate of drug-likeness (QED) is 0.655. The van der Waals surface area contributed by atoms with Crippen LogP contribution >= 0.6 is 11.8 Å². The van der Waals surface area contributed by atoms with Gasteiger partial charge in [-0.05, 0) is 30.7 Å². The van der Waals surface area contributed by atoms with Crippen molar-refractivity contribution in [3.8, 4) is 0 Å². The SMILES string of the molecule is CSc1c(F)cc(CC2(O)CC2)c(F)c1F. The fourth-order valence-electron chi connectivity index (χ4n) is 1.62. The van der Waals surface area contributed by atoms with Crippen LogP contribution in [0.5, 0.6) is 0 Å². The minimum absolute atomic E-state index is 0.0265. The van der Waals surface area contributed by atoms with Gasteiger partial charge in [0.25, 0.3) is 0 Å². The van der Waals surface area contributed by atoms with E-state index in [1.54, 1.807) is 0 Å². The fourth-order valence-corrected chi connectivity index (χ4v) is 2.14. The van der Waals surface area contributed by atoms with Crippen LogP contribution in [0, 0.1) is 17.5 Å². The maximum Gasteiger partial charge on any atom is 0.175 e. The van der Waals surface area contributed by atoms with E-state index in [1.807, 2.05) is 0 Å². The van der Waals surface area contributed by atoms with Gasteiger partial charge in [0.05, 0.1) is 10.5 Å². The molecule has 0 unspecified atom stereocenters. The van der Waals surface area contributed by atoms with Crippen molar-refractivity contribution in [1.29, 1.82) is 0 Å². The van der Waals surface area contributed by atoms with Gasteiger partial charge in [0.1, 0.15) is 5.82 Å². The van der Waals surface area contributed by atoms with Gasteiger partial charge in [0.2, 0.25) is 0 Å². The van der Waals surface area contributed by atoms with Gasteiger partial charge in [-0.25, -0.2) is 13.2 Å². The first-order valence-electron chi connectivity index (χ1n) is 4.89. The molecular formula is C11H11F3OS. The first-order valence-corrected chi connectivity index (χ1v) is 6.12. The Morgan fingerprint density at radius 1 is 1.31 bits per heavy atom. The number of thioether (sulfide) groups is 1. The van der Waals surface area contributed by atoms with Crippen molar-refractivity contribution in [2.75, 3.05) is 6.26 Å². The summed E-state index contributed by atoms with van der Waals surface area (Å²) in [6, 6.07) is 0.973. The first kappa shape index (κ1) is 11.8. The van der Waals surface area contributed by atoms with E-state index >= 15 is 0 Å². The zero-order chi connectivity index (χ0) is 11.9. The molecule has 0 saturated heterocycles. The van der Waals surface area contributed by atoms with Gasteiger partial charge >= 0.3 is 0 Å². The molecule has 0 bridgehead atoms. The van der Waals surface area contributed by atoms with E-state index in [-0.39, 0.29) is 16.9 Å². The standard InChI is InChI=1S/C11H11F3OS/c1-16-10-7(12)4-6(8(13)9(10)14)5-11(15)2-3-11/h4,15H,2-3,5H2,1H3. The topological polar surface area (TPSA) is 20.2 Å². The molecule has 1 aromatic rings. The van der Waals surface area contributed by atoms with Gasteiger partial charge in [0.15, 0.2) is 11.6 Å². The van der Waals surface area contributed by atoms with E-state index in [4.69, 9.17) is 0 Å². The highest BCUT2D eigenvalue weighted by Crippen LogP contribution is 2.39. The number of hydrogen-bond acceptors (Lipinski definition) is 2. The molecule has 0 aromatic heterocycles. The number of hydrogen-bond donors (Lipinski definition) is 1. The highest BCUT2D eigenvalue weighted by Gasteiger charge is 2.41. The summed E-state index contributed by atoms with van der Waals surface area (Å²) in [4.78, 5) is -0.316. The molecular weight excluding hydrogens is 237 g/mol. The zero-order valence-corrected chi connectivity index (χ0v) is 9.50. The Labute approximate surface area is 95.7 Å². The van der Waals surface area contributed by atoms with E-state index in [2.05, 4.69) is 0 Å². The smallest absolute Gasteiger partial charge is 0.175 e. The van der Waals surface area contributed by atoms with Crippen molar-refractivity contribution in [3.63, 3.8) is 0 Å². The lowest BCUT2D eigenvalue weighted by Gasteiger charge is -2.11. The number of benzene rings is 1. The van der Waals surface area contributed by atoms with Crippen molar-refractivity contribution in [1.82, 2.24) is 0 Å². The summed E-state index contributed by atoms with van der Waals surface area (Å²) in [5, 5.41) is 9.60. The molecule has 1 aliphatic rings. The van der Waals surface area contributed by atoms with Gasteiger partial charge in [-0.3, -0.25) is 0 Å². The lowest BCUT2D eigenvalue weighted by molar-refractivity contribution is 0.149. The van der Waals surface area contributed by atoms with E-state index in [1.165, 1.54) is 6.26 Å². The third-order valence-corrected chi connectivity index (χ3v) is 3.53. The molecule has 1 N–H and O–H groups in total. The monoisotopic (exact) mass is 248 g/mol. The molecule has 88 valence electrons. The molecule has 5 heteroatoms. The van der Waals surface area contributed by atoms with E-state index in [0.717, 1.165) is 17.8 Å². The number of rotatable bonds is 3. The van der Waals surface area contributed by atoms with Crippen LogP contribution in [-0.4, -0.2) is 17.0 Å². The third-order valence-electron chi connectivity index (χ3n) is 2.74. The molecule has 1 aromatic carbocycles. The molecule has 2 rings (SSSR count). The van der Waals surface area contributed by atoms with Crippen molar-refractivity contribution in [2.24, 2.45) is 0 Å². The van der Waals surface area contributed by atoms with Crippen molar-refractivity contribution in [2.45, 2.75) is 29.8 Å². The first-order chi connectivity index (χ1) is 7.47. The van der Waals surface area contributed by atoms with E-state index in [0.29, 0.717) is 12.8 Å². The molecule has 16 heavy (non-hydrogen) atoms. The average Bonchev–Trinajstić information content (AvgIpc) is 2.93. The Hall–Kier alpha value is -0.680. The molecule has 0 amide bonds. The Morgan fingerprint density at radius 2 is 1.94 bits per heavy atom. The molecule has 0 spiro atoms. The third kappa shape index (κ3) is 2.06. The average molecular weight is 248 g/mol. The second-order valence-electron chi connectivity index (χ2n) is 4.08. The molecule has 0 aliphatic heterocycles. The predicted octanol–water partition coefficient (Wildman–Crippen LogP) is 2.89. The van der Waals surface area contributed by atoms with Crippen LogP contribution in [-0.2, 0) is 6.42 Å². The Kier molecular flexibility index (Phi) is 2.92. The maximum atomic E-state index is 13.5. The summed E-state index contributed by atoms with van der Waals surface area (Å²) in [5.74, 6) is -2.98. The van der Waals surface area contributed by atoms with Crippen molar-refractivity contribution >= 4 is 11.8 Å². The van der Waals surface area contributed by atoms with Crippen LogP contribution in [0.3, 0.4) is 0 Å². The molecule has 1 saturated carbocycles. The normalized spacial score (nSPS) is 17.6. The van der Waals surface area contributed by atoms with Gasteiger partial charge in [-0.1, -0.05) is 0 Å². The van der Waals surface area contributed by atoms with Crippen molar-refractivity contribution in [3.05, 3.63) is 29.1 Å². The molecule has 1 fully saturated rings. The lowest BCUT2D eigenvalue weighted by Crippen LogP contribution is -2.13. The summed E-state index contributed by atoms with van der Waals surface area (Å²) in [7, 11) is 0. The number of halogens is 3. The Morgan fingerprint density at radius 3 is 2.44 bits per heavy atom. The van der Waals surface area contributed by atoms with Crippen LogP contribution in [0.2, 0.25) is 0 Å². The predicted molar refractivity (Wildman–Crippen MR) is 56.0 cm³/mol. The van der Waals surface area contributed by atoms with Crippen LogP contribution < -0.4 is 0 Å². The Balaban J connectivity index is 2.39. The van der Waals surface area contributed by atoms with Crippen molar-refractivity contribution < 1.29 is 18.3 Å². The minimum Gasteiger partial charge on any atom is -0.390 e. The highest BCUT2D eigenvalue weighted by atomic mass is 32.2. The molecule has 0 radical (unpaired) electrons. The highest BCUT2D eigenvalue weighted by molar-refractivity contribution is 7.98. The summed E-state index contributed by atoms with van der Waals surface area (Å²) in [6.45, 7) is 0. The second kappa shape index (κ2) is 3.96. The minimum atomic E-state index is -1.16. The lowest BCUT2D eigenvalue weighted by atomic mass is 10.1. The summed E-state index contributed by atoms with van der Waals surface area (Å²) >= 11 is 0.826. The van der Waals surface area contributed by atoms with Gasteiger partial charge in [0, 0.05) is 6.42 Å². The Bertz CT molecular complexity index is 430. The van der Waals surface area contributed by atoms with Crippen LogP contribution in [0.1, 0.15) is 18.4 Å². The molecule has 0 atom stereocenters. The fraction of sp³-hybridized carbons (Fsp3) is 0.455. The largest absolute Gasteiger partial charge is 0.390 e. The van der Waals surface area contributed by atoms with E-state index in [9.17, 15) is 18.3 Å². The van der Waals surface area contributed by atoms with Crippen LogP contribution in [0.15, 0.2) is 11.0 Å². The summed E-state index contributed by atoms with van der Waals surface area (Å²) in [5.41, 5.74) is -1.05. The molecule has 1 nitrogen and oxygen atoms in total. The molecule has 1 aliphatic carbocycles.